The zero-order chi connectivity index (χ0) is 18.4. The third-order valence-corrected chi connectivity index (χ3v) is 4.41. The van der Waals surface area contributed by atoms with Gasteiger partial charge in [0.2, 0.25) is 0 Å². The number of benzene rings is 1. The van der Waals surface area contributed by atoms with Crippen LogP contribution in [0.4, 0.5) is 5.82 Å². The molecule has 0 saturated carbocycles. The standard InChI is InChI=1S/C21H24N4O/c1-4-17-10-9-16(13-22-17)19-11-21(25-14-24-19)23-12-15(2)18-7-5-6-8-20(18)26-3/h5-11,13-15H,4,12H2,1-3H3,(H,23,24,25)/t15-/m1/s1. The first-order chi connectivity index (χ1) is 12.7. The van der Waals surface area contributed by atoms with Crippen LogP contribution in [0.1, 0.15) is 31.0 Å². The Hall–Kier alpha value is -2.95. The molecule has 0 bridgehead atoms. The van der Waals surface area contributed by atoms with Crippen molar-refractivity contribution in [3.05, 3.63) is 66.2 Å². The lowest BCUT2D eigenvalue weighted by Gasteiger charge is -2.16. The minimum atomic E-state index is 0.287. The first-order valence-corrected chi connectivity index (χ1v) is 8.85. The third kappa shape index (κ3) is 4.17. The number of hydrogen-bond acceptors (Lipinski definition) is 5. The van der Waals surface area contributed by atoms with Gasteiger partial charge in [0.15, 0.2) is 0 Å². The molecule has 134 valence electrons. The second-order valence-electron chi connectivity index (χ2n) is 6.20. The van der Waals surface area contributed by atoms with E-state index in [4.69, 9.17) is 4.74 Å². The lowest BCUT2D eigenvalue weighted by molar-refractivity contribution is 0.407. The summed E-state index contributed by atoms with van der Waals surface area (Å²) in [4.78, 5) is 13.1. The van der Waals surface area contributed by atoms with Crippen LogP contribution in [0.5, 0.6) is 5.75 Å². The van der Waals surface area contributed by atoms with E-state index in [1.165, 1.54) is 5.56 Å². The molecule has 0 fully saturated rings. The molecular formula is C21H24N4O. The van der Waals surface area contributed by atoms with Gasteiger partial charge in [0.05, 0.1) is 12.8 Å². The zero-order valence-corrected chi connectivity index (χ0v) is 15.4. The molecule has 0 radical (unpaired) electrons. The first-order valence-electron chi connectivity index (χ1n) is 8.85. The molecule has 1 atom stereocenters. The van der Waals surface area contributed by atoms with Crippen molar-refractivity contribution in [2.75, 3.05) is 19.0 Å². The fraction of sp³-hybridized carbons (Fsp3) is 0.286. The van der Waals surface area contributed by atoms with Crippen LogP contribution in [0.3, 0.4) is 0 Å². The molecule has 1 N–H and O–H groups in total. The van der Waals surface area contributed by atoms with Crippen molar-refractivity contribution in [2.45, 2.75) is 26.2 Å². The van der Waals surface area contributed by atoms with E-state index < -0.39 is 0 Å². The summed E-state index contributed by atoms with van der Waals surface area (Å²) < 4.78 is 5.45. The lowest BCUT2D eigenvalue weighted by Crippen LogP contribution is -2.12. The Balaban J connectivity index is 1.70. The number of nitrogens with one attached hydrogen (secondary N) is 1. The predicted octanol–water partition coefficient (Wildman–Crippen LogP) is 4.33. The van der Waals surface area contributed by atoms with Gasteiger partial charge in [-0.1, -0.05) is 32.0 Å². The fourth-order valence-corrected chi connectivity index (χ4v) is 2.84. The SMILES string of the molecule is CCc1ccc(-c2cc(NC[C@@H](C)c3ccccc3OC)ncn2)cn1. The molecule has 0 spiro atoms. The minimum Gasteiger partial charge on any atom is -0.496 e. The Morgan fingerprint density at radius 1 is 1.08 bits per heavy atom. The van der Waals surface area contributed by atoms with E-state index in [1.54, 1.807) is 13.4 Å². The normalized spacial score (nSPS) is 11.8. The quantitative estimate of drug-likeness (QED) is 0.689. The molecule has 2 heterocycles. The number of anilines is 1. The Bertz CT molecular complexity index is 849. The second kappa shape index (κ2) is 8.43. The number of aromatic nitrogens is 3. The fourth-order valence-electron chi connectivity index (χ4n) is 2.84. The molecule has 5 nitrogen and oxygen atoms in total. The Morgan fingerprint density at radius 3 is 2.65 bits per heavy atom. The number of nitrogens with zero attached hydrogens (tertiary/aromatic N) is 3. The Morgan fingerprint density at radius 2 is 1.92 bits per heavy atom. The highest BCUT2D eigenvalue weighted by molar-refractivity contribution is 5.61. The average molecular weight is 348 g/mol. The molecule has 0 aliphatic rings. The summed E-state index contributed by atoms with van der Waals surface area (Å²) in [6.07, 6.45) is 4.37. The molecule has 2 aromatic heterocycles. The summed E-state index contributed by atoms with van der Waals surface area (Å²) in [6.45, 7) is 5.02. The number of aryl methyl sites for hydroxylation is 1. The van der Waals surface area contributed by atoms with Crippen molar-refractivity contribution in [2.24, 2.45) is 0 Å². The van der Waals surface area contributed by atoms with Crippen LogP contribution < -0.4 is 10.1 Å². The van der Waals surface area contributed by atoms with Crippen LogP contribution in [-0.2, 0) is 6.42 Å². The van der Waals surface area contributed by atoms with Gasteiger partial charge in [-0.3, -0.25) is 4.98 Å². The number of rotatable bonds is 7. The van der Waals surface area contributed by atoms with Gasteiger partial charge < -0.3 is 10.1 Å². The largest absolute Gasteiger partial charge is 0.496 e. The molecule has 0 aliphatic carbocycles. The summed E-state index contributed by atoms with van der Waals surface area (Å²) in [5, 5.41) is 3.40. The number of hydrogen-bond donors (Lipinski definition) is 1. The van der Waals surface area contributed by atoms with Crippen molar-refractivity contribution in [1.82, 2.24) is 15.0 Å². The topological polar surface area (TPSA) is 59.9 Å². The summed E-state index contributed by atoms with van der Waals surface area (Å²) in [7, 11) is 1.70. The van der Waals surface area contributed by atoms with Crippen LogP contribution in [-0.4, -0.2) is 28.6 Å². The Kier molecular flexibility index (Phi) is 5.79. The van der Waals surface area contributed by atoms with Crippen molar-refractivity contribution in [3.8, 4) is 17.0 Å². The van der Waals surface area contributed by atoms with Gasteiger partial charge in [0.25, 0.3) is 0 Å². The van der Waals surface area contributed by atoms with Crippen LogP contribution in [0.25, 0.3) is 11.3 Å². The lowest BCUT2D eigenvalue weighted by atomic mass is 10.00. The number of para-hydroxylation sites is 1. The molecule has 0 aliphatic heterocycles. The van der Waals surface area contributed by atoms with Crippen LogP contribution in [0.15, 0.2) is 55.0 Å². The molecule has 5 heteroatoms. The molecule has 0 unspecified atom stereocenters. The molecule has 0 amide bonds. The monoisotopic (exact) mass is 348 g/mol. The van der Waals surface area contributed by atoms with Crippen LogP contribution in [0.2, 0.25) is 0 Å². The highest BCUT2D eigenvalue weighted by Crippen LogP contribution is 2.26. The van der Waals surface area contributed by atoms with Gasteiger partial charge in [0.1, 0.15) is 17.9 Å². The molecular weight excluding hydrogens is 324 g/mol. The van der Waals surface area contributed by atoms with Gasteiger partial charge >= 0.3 is 0 Å². The summed E-state index contributed by atoms with van der Waals surface area (Å²) in [6, 6.07) is 14.1. The van der Waals surface area contributed by atoms with Crippen LogP contribution >= 0.6 is 0 Å². The highest BCUT2D eigenvalue weighted by Gasteiger charge is 2.11. The highest BCUT2D eigenvalue weighted by atomic mass is 16.5. The van der Waals surface area contributed by atoms with Gasteiger partial charge in [-0.2, -0.15) is 0 Å². The van der Waals surface area contributed by atoms with Gasteiger partial charge in [0, 0.05) is 36.0 Å². The van der Waals surface area contributed by atoms with Gasteiger partial charge in [-0.05, 0) is 30.2 Å². The van der Waals surface area contributed by atoms with Gasteiger partial charge in [-0.25, -0.2) is 9.97 Å². The van der Waals surface area contributed by atoms with Crippen molar-refractivity contribution in [3.63, 3.8) is 0 Å². The number of methoxy groups -OCH3 is 1. The molecule has 3 aromatic rings. The maximum atomic E-state index is 5.45. The predicted molar refractivity (Wildman–Crippen MR) is 105 cm³/mol. The van der Waals surface area contributed by atoms with E-state index in [9.17, 15) is 0 Å². The molecule has 1 aromatic carbocycles. The van der Waals surface area contributed by atoms with Crippen molar-refractivity contribution < 1.29 is 4.74 Å². The first kappa shape index (κ1) is 17.9. The molecule has 3 rings (SSSR count). The van der Waals surface area contributed by atoms with E-state index in [0.717, 1.165) is 41.5 Å². The number of pyridine rings is 1. The Labute approximate surface area is 154 Å². The zero-order valence-electron chi connectivity index (χ0n) is 15.4. The molecule has 0 saturated heterocycles. The minimum absolute atomic E-state index is 0.287. The van der Waals surface area contributed by atoms with E-state index in [1.807, 2.05) is 36.5 Å². The van der Waals surface area contributed by atoms with E-state index in [0.29, 0.717) is 0 Å². The van der Waals surface area contributed by atoms with E-state index >= 15 is 0 Å². The van der Waals surface area contributed by atoms with E-state index in [2.05, 4.69) is 46.2 Å². The van der Waals surface area contributed by atoms with Crippen molar-refractivity contribution >= 4 is 5.82 Å². The third-order valence-electron chi connectivity index (χ3n) is 4.41. The summed E-state index contributed by atoms with van der Waals surface area (Å²) in [5.74, 6) is 2.00. The smallest absolute Gasteiger partial charge is 0.129 e. The van der Waals surface area contributed by atoms with Crippen molar-refractivity contribution in [1.29, 1.82) is 0 Å². The number of ether oxygens (including phenoxy) is 1. The maximum absolute atomic E-state index is 5.45. The van der Waals surface area contributed by atoms with E-state index in [-0.39, 0.29) is 5.92 Å². The second-order valence-corrected chi connectivity index (χ2v) is 6.20. The maximum Gasteiger partial charge on any atom is 0.129 e. The summed E-state index contributed by atoms with van der Waals surface area (Å²) >= 11 is 0. The average Bonchev–Trinajstić information content (AvgIpc) is 2.72. The summed E-state index contributed by atoms with van der Waals surface area (Å²) in [5.41, 5.74) is 4.11. The molecule has 26 heavy (non-hydrogen) atoms. The van der Waals surface area contributed by atoms with Crippen LogP contribution in [0, 0.1) is 0 Å². The van der Waals surface area contributed by atoms with Gasteiger partial charge in [-0.15, -0.1) is 0 Å².